The third kappa shape index (κ3) is 3.94. The van der Waals surface area contributed by atoms with Crippen LogP contribution in [0.2, 0.25) is 0 Å². The number of halogens is 1. The zero-order valence-electron chi connectivity index (χ0n) is 13.2. The Hall–Kier alpha value is -2.69. The summed E-state index contributed by atoms with van der Waals surface area (Å²) in [5.41, 5.74) is 1.04. The van der Waals surface area contributed by atoms with E-state index in [2.05, 4.69) is 5.32 Å². The number of carbonyl (C=O) groups excluding carboxylic acids is 2. The minimum absolute atomic E-state index is 0.0178. The van der Waals surface area contributed by atoms with Crippen molar-refractivity contribution in [1.29, 1.82) is 0 Å². The maximum atomic E-state index is 13.6. The molecule has 0 unspecified atom stereocenters. The molecule has 0 aromatic heterocycles. The number of nitrogens with zero attached hydrogens (tertiary/aromatic N) is 1. The smallest absolute Gasteiger partial charge is 0.258 e. The molecule has 120 valence electrons. The van der Waals surface area contributed by atoms with E-state index in [4.69, 9.17) is 0 Å². The Kier molecular flexibility index (Phi) is 5.46. The van der Waals surface area contributed by atoms with Gasteiger partial charge in [-0.25, -0.2) is 4.39 Å². The highest BCUT2D eigenvalue weighted by Crippen LogP contribution is 2.14. The van der Waals surface area contributed by atoms with Crippen LogP contribution in [0.4, 0.5) is 10.1 Å². The summed E-state index contributed by atoms with van der Waals surface area (Å²) in [6.07, 6.45) is 0. The van der Waals surface area contributed by atoms with Crippen LogP contribution in [-0.2, 0) is 0 Å². The summed E-state index contributed by atoms with van der Waals surface area (Å²) in [5, 5.41) is 2.62. The van der Waals surface area contributed by atoms with Gasteiger partial charge in [-0.2, -0.15) is 0 Å². The first-order valence-corrected chi connectivity index (χ1v) is 7.52. The molecule has 2 amide bonds. The quantitative estimate of drug-likeness (QED) is 0.917. The van der Waals surface area contributed by atoms with E-state index >= 15 is 0 Å². The number of benzene rings is 2. The van der Waals surface area contributed by atoms with E-state index in [0.29, 0.717) is 24.3 Å². The minimum Gasteiger partial charge on any atom is -0.339 e. The molecule has 2 rings (SSSR count). The zero-order valence-corrected chi connectivity index (χ0v) is 13.2. The highest BCUT2D eigenvalue weighted by molar-refractivity contribution is 6.04. The van der Waals surface area contributed by atoms with Gasteiger partial charge in [-0.3, -0.25) is 9.59 Å². The van der Waals surface area contributed by atoms with Crippen molar-refractivity contribution in [2.75, 3.05) is 18.4 Å². The summed E-state index contributed by atoms with van der Waals surface area (Å²) in [6.45, 7) is 5.12. The maximum Gasteiger partial charge on any atom is 0.258 e. The van der Waals surface area contributed by atoms with E-state index in [1.807, 2.05) is 13.8 Å². The topological polar surface area (TPSA) is 49.4 Å². The van der Waals surface area contributed by atoms with Crippen LogP contribution in [0.1, 0.15) is 34.6 Å². The van der Waals surface area contributed by atoms with Crippen molar-refractivity contribution < 1.29 is 14.0 Å². The van der Waals surface area contributed by atoms with Gasteiger partial charge in [-0.05, 0) is 50.2 Å². The van der Waals surface area contributed by atoms with Crippen LogP contribution in [-0.4, -0.2) is 29.8 Å². The summed E-state index contributed by atoms with van der Waals surface area (Å²) < 4.78 is 13.6. The van der Waals surface area contributed by atoms with E-state index in [0.717, 1.165) is 0 Å². The number of carbonyl (C=O) groups is 2. The average Bonchev–Trinajstić information content (AvgIpc) is 2.57. The van der Waals surface area contributed by atoms with Gasteiger partial charge in [-0.15, -0.1) is 0 Å². The number of hydrogen-bond acceptors (Lipinski definition) is 2. The van der Waals surface area contributed by atoms with Gasteiger partial charge in [0.15, 0.2) is 0 Å². The Morgan fingerprint density at radius 2 is 1.61 bits per heavy atom. The predicted octanol–water partition coefficient (Wildman–Crippen LogP) is 3.56. The van der Waals surface area contributed by atoms with Gasteiger partial charge in [0, 0.05) is 24.3 Å². The van der Waals surface area contributed by atoms with Gasteiger partial charge < -0.3 is 10.2 Å². The van der Waals surface area contributed by atoms with E-state index in [9.17, 15) is 14.0 Å². The van der Waals surface area contributed by atoms with Crippen LogP contribution in [0.25, 0.3) is 0 Å². The van der Waals surface area contributed by atoms with E-state index in [1.165, 1.54) is 18.2 Å². The fourth-order valence-electron chi connectivity index (χ4n) is 2.23. The molecule has 0 saturated carbocycles. The van der Waals surface area contributed by atoms with Gasteiger partial charge in [0.05, 0.1) is 5.56 Å². The Morgan fingerprint density at radius 1 is 1.00 bits per heavy atom. The van der Waals surface area contributed by atoms with Crippen LogP contribution in [0.5, 0.6) is 0 Å². The summed E-state index contributed by atoms with van der Waals surface area (Å²) in [6, 6.07) is 12.4. The minimum atomic E-state index is -0.571. The molecule has 5 heteroatoms. The SMILES string of the molecule is CCN(CC)C(=O)c1ccc(NC(=O)c2ccccc2F)cc1. The molecule has 0 aliphatic heterocycles. The van der Waals surface area contributed by atoms with Gasteiger partial charge in [0.1, 0.15) is 5.82 Å². The molecule has 2 aromatic rings. The van der Waals surface area contributed by atoms with Crippen molar-refractivity contribution >= 4 is 17.5 Å². The second kappa shape index (κ2) is 7.54. The van der Waals surface area contributed by atoms with Crippen molar-refractivity contribution in [3.05, 3.63) is 65.5 Å². The Balaban J connectivity index is 2.10. The lowest BCUT2D eigenvalue weighted by molar-refractivity contribution is 0.0773. The standard InChI is InChI=1S/C18H19FN2O2/c1-3-21(4-2)18(23)13-9-11-14(12-10-13)20-17(22)15-7-5-6-8-16(15)19/h5-12H,3-4H2,1-2H3,(H,20,22). The molecule has 0 fully saturated rings. The maximum absolute atomic E-state index is 13.6. The summed E-state index contributed by atoms with van der Waals surface area (Å²) >= 11 is 0. The molecular formula is C18H19FN2O2. The Labute approximate surface area is 134 Å². The second-order valence-electron chi connectivity index (χ2n) is 4.99. The third-order valence-corrected chi connectivity index (χ3v) is 3.56. The summed E-state index contributed by atoms with van der Waals surface area (Å²) in [7, 11) is 0. The van der Waals surface area contributed by atoms with Crippen molar-refractivity contribution in [2.24, 2.45) is 0 Å². The molecule has 2 aromatic carbocycles. The highest BCUT2D eigenvalue weighted by Gasteiger charge is 2.13. The van der Waals surface area contributed by atoms with E-state index in [-0.39, 0.29) is 11.5 Å². The summed E-state index contributed by atoms with van der Waals surface area (Å²) in [5.74, 6) is -1.15. The third-order valence-electron chi connectivity index (χ3n) is 3.56. The van der Waals surface area contributed by atoms with E-state index < -0.39 is 11.7 Å². The molecule has 0 saturated heterocycles. The van der Waals surface area contributed by atoms with E-state index in [1.54, 1.807) is 35.2 Å². The molecule has 0 aliphatic carbocycles. The monoisotopic (exact) mass is 314 g/mol. The van der Waals surface area contributed by atoms with Gasteiger partial charge >= 0.3 is 0 Å². The molecule has 4 nitrogen and oxygen atoms in total. The van der Waals surface area contributed by atoms with Crippen molar-refractivity contribution in [3.63, 3.8) is 0 Å². The van der Waals surface area contributed by atoms with Crippen molar-refractivity contribution in [2.45, 2.75) is 13.8 Å². The second-order valence-corrected chi connectivity index (χ2v) is 4.99. The Morgan fingerprint density at radius 3 is 2.17 bits per heavy atom. The van der Waals surface area contributed by atoms with Crippen LogP contribution in [0.3, 0.4) is 0 Å². The fraction of sp³-hybridized carbons (Fsp3) is 0.222. The number of rotatable bonds is 5. The molecule has 0 aliphatic rings. The van der Waals surface area contributed by atoms with Crippen LogP contribution in [0.15, 0.2) is 48.5 Å². The van der Waals surface area contributed by atoms with Gasteiger partial charge in [-0.1, -0.05) is 12.1 Å². The number of amides is 2. The van der Waals surface area contributed by atoms with Crippen molar-refractivity contribution in [1.82, 2.24) is 4.90 Å². The first-order chi connectivity index (χ1) is 11.1. The lowest BCUT2D eigenvalue weighted by Gasteiger charge is -2.18. The van der Waals surface area contributed by atoms with Crippen LogP contribution < -0.4 is 5.32 Å². The predicted molar refractivity (Wildman–Crippen MR) is 88.0 cm³/mol. The lowest BCUT2D eigenvalue weighted by atomic mass is 10.1. The molecule has 0 radical (unpaired) electrons. The molecule has 0 atom stereocenters. The van der Waals surface area contributed by atoms with Crippen LogP contribution >= 0.6 is 0 Å². The molecule has 0 spiro atoms. The zero-order chi connectivity index (χ0) is 16.8. The number of nitrogens with one attached hydrogen (secondary N) is 1. The number of anilines is 1. The molecule has 0 heterocycles. The average molecular weight is 314 g/mol. The lowest BCUT2D eigenvalue weighted by Crippen LogP contribution is -2.30. The molecule has 23 heavy (non-hydrogen) atoms. The first kappa shape index (κ1) is 16.7. The Bertz CT molecular complexity index is 694. The molecular weight excluding hydrogens is 295 g/mol. The van der Waals surface area contributed by atoms with Gasteiger partial charge in [0.25, 0.3) is 11.8 Å². The first-order valence-electron chi connectivity index (χ1n) is 7.52. The highest BCUT2D eigenvalue weighted by atomic mass is 19.1. The summed E-state index contributed by atoms with van der Waals surface area (Å²) in [4.78, 5) is 25.9. The van der Waals surface area contributed by atoms with Crippen LogP contribution in [0, 0.1) is 5.82 Å². The molecule has 1 N–H and O–H groups in total. The van der Waals surface area contributed by atoms with Crippen molar-refractivity contribution in [3.8, 4) is 0 Å². The number of hydrogen-bond donors (Lipinski definition) is 1. The fourth-order valence-corrected chi connectivity index (χ4v) is 2.23. The normalized spacial score (nSPS) is 10.2. The largest absolute Gasteiger partial charge is 0.339 e. The van der Waals surface area contributed by atoms with Gasteiger partial charge in [0.2, 0.25) is 0 Å². The molecule has 0 bridgehead atoms.